The molecular formula is C30H36N6O2. The summed E-state index contributed by atoms with van der Waals surface area (Å²) in [7, 11) is 0. The molecule has 5 rings (SSSR count). The number of hydrogen-bond acceptors (Lipinski definition) is 6. The number of piperazine rings is 1. The lowest BCUT2D eigenvalue weighted by atomic mass is 10.1. The summed E-state index contributed by atoms with van der Waals surface area (Å²) in [6.07, 6.45) is 1.40. The minimum Gasteiger partial charge on any atom is -0.444 e. The van der Waals surface area contributed by atoms with Gasteiger partial charge >= 0.3 is 6.09 Å². The molecule has 1 N–H and O–H groups in total. The van der Waals surface area contributed by atoms with Crippen LogP contribution in [0.15, 0.2) is 67.0 Å². The van der Waals surface area contributed by atoms with E-state index in [-0.39, 0.29) is 6.09 Å². The van der Waals surface area contributed by atoms with Crippen LogP contribution in [0.5, 0.6) is 0 Å². The molecule has 0 unspecified atom stereocenters. The van der Waals surface area contributed by atoms with E-state index in [1.165, 1.54) is 5.56 Å². The molecule has 1 aliphatic rings. The number of carbonyl (C=O) groups is 1. The van der Waals surface area contributed by atoms with E-state index in [4.69, 9.17) is 4.74 Å². The number of ether oxygens (including phenoxy) is 1. The number of para-hydroxylation sites is 1. The van der Waals surface area contributed by atoms with Gasteiger partial charge < -0.3 is 19.5 Å². The third kappa shape index (κ3) is 5.81. The standard InChI is InChI=1S/C30H36N6O2/c1-5-36(24-9-7-6-8-10-24)28-25-19-26(33-27(25)31-21-32-28)23-13-11-22(12-14-23)20-34-15-17-35(18-16-34)29(37)38-30(2,3)4/h6-14,19,21H,5,15-18,20H2,1-4H3,(H,31,32,33). The molecule has 2 aromatic heterocycles. The highest BCUT2D eigenvalue weighted by Gasteiger charge is 2.26. The summed E-state index contributed by atoms with van der Waals surface area (Å²) >= 11 is 0. The Morgan fingerprint density at radius 2 is 1.71 bits per heavy atom. The third-order valence-corrected chi connectivity index (χ3v) is 6.74. The van der Waals surface area contributed by atoms with Gasteiger partial charge in [-0.25, -0.2) is 14.8 Å². The quantitative estimate of drug-likeness (QED) is 0.350. The van der Waals surface area contributed by atoms with E-state index in [1.807, 2.05) is 39.0 Å². The molecule has 0 saturated carbocycles. The molecule has 0 atom stereocenters. The van der Waals surface area contributed by atoms with Gasteiger partial charge in [0, 0.05) is 50.6 Å². The van der Waals surface area contributed by atoms with Crippen molar-refractivity contribution in [2.75, 3.05) is 37.6 Å². The van der Waals surface area contributed by atoms with E-state index in [1.54, 1.807) is 11.2 Å². The van der Waals surface area contributed by atoms with Gasteiger partial charge in [0.1, 0.15) is 23.4 Å². The second kappa shape index (κ2) is 10.8. The van der Waals surface area contributed by atoms with E-state index in [9.17, 15) is 4.79 Å². The molecule has 1 aliphatic heterocycles. The zero-order valence-electron chi connectivity index (χ0n) is 22.6. The Labute approximate surface area is 224 Å². The van der Waals surface area contributed by atoms with Gasteiger partial charge in [-0.1, -0.05) is 42.5 Å². The van der Waals surface area contributed by atoms with Crippen LogP contribution in [0.25, 0.3) is 22.3 Å². The lowest BCUT2D eigenvalue weighted by molar-refractivity contribution is 0.0139. The molecule has 8 heteroatoms. The largest absolute Gasteiger partial charge is 0.444 e. The Bertz CT molecular complexity index is 1370. The molecule has 198 valence electrons. The molecule has 0 bridgehead atoms. The van der Waals surface area contributed by atoms with E-state index < -0.39 is 5.60 Å². The Balaban J connectivity index is 1.26. The number of nitrogens with zero attached hydrogens (tertiary/aromatic N) is 5. The van der Waals surface area contributed by atoms with Crippen LogP contribution in [0.2, 0.25) is 0 Å². The normalized spacial score (nSPS) is 14.6. The number of amides is 1. The first-order chi connectivity index (χ1) is 18.3. The van der Waals surface area contributed by atoms with Crippen LogP contribution < -0.4 is 4.90 Å². The molecule has 0 radical (unpaired) electrons. The Morgan fingerprint density at radius 1 is 1.00 bits per heavy atom. The molecule has 0 spiro atoms. The molecule has 1 fully saturated rings. The van der Waals surface area contributed by atoms with Gasteiger partial charge in [-0.2, -0.15) is 0 Å². The molecule has 4 aromatic rings. The highest BCUT2D eigenvalue weighted by Crippen LogP contribution is 2.32. The molecular weight excluding hydrogens is 476 g/mol. The van der Waals surface area contributed by atoms with Crippen LogP contribution in [0.4, 0.5) is 16.3 Å². The van der Waals surface area contributed by atoms with E-state index in [0.717, 1.165) is 60.0 Å². The number of aromatic nitrogens is 3. The minimum absolute atomic E-state index is 0.224. The molecule has 0 aliphatic carbocycles. The zero-order chi connectivity index (χ0) is 26.7. The first kappa shape index (κ1) is 25.7. The highest BCUT2D eigenvalue weighted by atomic mass is 16.6. The van der Waals surface area contributed by atoms with Gasteiger partial charge in [-0.05, 0) is 57.0 Å². The fourth-order valence-corrected chi connectivity index (χ4v) is 4.82. The second-order valence-corrected chi connectivity index (χ2v) is 10.7. The van der Waals surface area contributed by atoms with Crippen LogP contribution in [0, 0.1) is 0 Å². The van der Waals surface area contributed by atoms with Crippen molar-refractivity contribution in [1.82, 2.24) is 24.8 Å². The van der Waals surface area contributed by atoms with Gasteiger partial charge in [0.25, 0.3) is 0 Å². The number of fused-ring (bicyclic) bond motifs is 1. The van der Waals surface area contributed by atoms with Crippen molar-refractivity contribution in [1.29, 1.82) is 0 Å². The number of benzene rings is 2. The summed E-state index contributed by atoms with van der Waals surface area (Å²) in [5, 5.41) is 1.00. The van der Waals surface area contributed by atoms with Crippen molar-refractivity contribution in [3.8, 4) is 11.3 Å². The molecule has 3 heterocycles. The smallest absolute Gasteiger partial charge is 0.410 e. The van der Waals surface area contributed by atoms with Gasteiger partial charge in [0.05, 0.1) is 5.39 Å². The lowest BCUT2D eigenvalue weighted by Gasteiger charge is -2.35. The van der Waals surface area contributed by atoms with E-state index in [0.29, 0.717) is 13.1 Å². The fourth-order valence-electron chi connectivity index (χ4n) is 4.82. The van der Waals surface area contributed by atoms with Crippen LogP contribution in [0.1, 0.15) is 33.3 Å². The van der Waals surface area contributed by atoms with Crippen molar-refractivity contribution >= 4 is 28.6 Å². The molecule has 2 aromatic carbocycles. The second-order valence-electron chi connectivity index (χ2n) is 10.7. The molecule has 8 nitrogen and oxygen atoms in total. The lowest BCUT2D eigenvalue weighted by Crippen LogP contribution is -2.49. The van der Waals surface area contributed by atoms with Crippen LogP contribution >= 0.6 is 0 Å². The predicted molar refractivity (Wildman–Crippen MR) is 152 cm³/mol. The van der Waals surface area contributed by atoms with Gasteiger partial charge in [0.15, 0.2) is 0 Å². The summed E-state index contributed by atoms with van der Waals surface area (Å²) in [4.78, 5) is 31.3. The summed E-state index contributed by atoms with van der Waals surface area (Å²) in [5.41, 5.74) is 4.84. The maximum atomic E-state index is 12.3. The number of carbonyl (C=O) groups excluding carboxylic acids is 1. The predicted octanol–water partition coefficient (Wildman–Crippen LogP) is 5.84. The first-order valence-corrected chi connectivity index (χ1v) is 13.3. The maximum absolute atomic E-state index is 12.3. The third-order valence-electron chi connectivity index (χ3n) is 6.74. The van der Waals surface area contributed by atoms with Crippen molar-refractivity contribution in [2.45, 2.75) is 39.8 Å². The Kier molecular flexibility index (Phi) is 7.33. The van der Waals surface area contributed by atoms with Gasteiger partial charge in [-0.15, -0.1) is 0 Å². The van der Waals surface area contributed by atoms with E-state index >= 15 is 0 Å². The fraction of sp³-hybridized carbons (Fsp3) is 0.367. The van der Waals surface area contributed by atoms with E-state index in [2.05, 4.69) is 74.1 Å². The molecule has 1 saturated heterocycles. The van der Waals surface area contributed by atoms with Crippen LogP contribution in [-0.2, 0) is 11.3 Å². The van der Waals surface area contributed by atoms with Gasteiger partial charge in [0.2, 0.25) is 0 Å². The van der Waals surface area contributed by atoms with Crippen molar-refractivity contribution in [3.63, 3.8) is 0 Å². The monoisotopic (exact) mass is 512 g/mol. The van der Waals surface area contributed by atoms with Crippen molar-refractivity contribution < 1.29 is 9.53 Å². The zero-order valence-corrected chi connectivity index (χ0v) is 22.6. The number of aromatic amines is 1. The highest BCUT2D eigenvalue weighted by molar-refractivity contribution is 5.93. The summed E-state index contributed by atoms with van der Waals surface area (Å²) in [5.74, 6) is 0.897. The minimum atomic E-state index is -0.466. The number of hydrogen-bond donors (Lipinski definition) is 1. The number of anilines is 2. The topological polar surface area (TPSA) is 77.6 Å². The average molecular weight is 513 g/mol. The van der Waals surface area contributed by atoms with Crippen molar-refractivity contribution in [2.24, 2.45) is 0 Å². The summed E-state index contributed by atoms with van der Waals surface area (Å²) in [6, 6.07) is 21.1. The van der Waals surface area contributed by atoms with Gasteiger partial charge in [-0.3, -0.25) is 4.90 Å². The Morgan fingerprint density at radius 3 is 2.37 bits per heavy atom. The first-order valence-electron chi connectivity index (χ1n) is 13.3. The summed E-state index contributed by atoms with van der Waals surface area (Å²) in [6.45, 7) is 12.5. The summed E-state index contributed by atoms with van der Waals surface area (Å²) < 4.78 is 5.51. The van der Waals surface area contributed by atoms with Crippen molar-refractivity contribution in [3.05, 3.63) is 72.6 Å². The number of rotatable bonds is 6. The number of nitrogens with one attached hydrogen (secondary N) is 1. The SMILES string of the molecule is CCN(c1ccccc1)c1ncnc2[nH]c(-c3ccc(CN4CCN(C(=O)OC(C)(C)C)CC4)cc3)cc12. The molecule has 1 amide bonds. The maximum Gasteiger partial charge on any atom is 0.410 e. The molecule has 38 heavy (non-hydrogen) atoms. The van der Waals surface area contributed by atoms with Crippen LogP contribution in [0.3, 0.4) is 0 Å². The number of H-pyrrole nitrogens is 1. The van der Waals surface area contributed by atoms with Crippen LogP contribution in [-0.4, -0.2) is 69.2 Å². The Hall–Kier alpha value is -3.91. The average Bonchev–Trinajstić information content (AvgIpc) is 3.35.